The van der Waals surface area contributed by atoms with Gasteiger partial charge in [0.25, 0.3) is 5.56 Å². The van der Waals surface area contributed by atoms with E-state index in [2.05, 4.69) is 20.3 Å². The minimum absolute atomic E-state index is 0.133. The van der Waals surface area contributed by atoms with Crippen LogP contribution in [0, 0.1) is 0 Å². The van der Waals surface area contributed by atoms with Crippen molar-refractivity contribution in [3.63, 3.8) is 0 Å². The molecule has 0 aliphatic carbocycles. The zero-order chi connectivity index (χ0) is 12.4. The first-order chi connectivity index (χ1) is 8.83. The van der Waals surface area contributed by atoms with Gasteiger partial charge in [-0.2, -0.15) is 0 Å². The molecule has 0 radical (unpaired) electrons. The van der Waals surface area contributed by atoms with Crippen LogP contribution in [0.4, 0.5) is 11.8 Å². The molecule has 0 aliphatic rings. The lowest BCUT2D eigenvalue weighted by Gasteiger charge is -2.05. The van der Waals surface area contributed by atoms with E-state index < -0.39 is 0 Å². The van der Waals surface area contributed by atoms with Crippen molar-refractivity contribution < 1.29 is 0 Å². The number of fused-ring (bicyclic) bond motifs is 1. The third-order valence-corrected chi connectivity index (χ3v) is 2.57. The topological polar surface area (TPSA) is 70.7 Å². The first-order valence-electron chi connectivity index (χ1n) is 5.49. The molecule has 5 nitrogen and oxygen atoms in total. The maximum atomic E-state index is 11.9. The van der Waals surface area contributed by atoms with Gasteiger partial charge in [0.1, 0.15) is 5.82 Å². The normalized spacial score (nSPS) is 10.4. The number of aromatic amines is 1. The molecule has 5 heteroatoms. The number of nitrogens with zero attached hydrogens (tertiary/aromatic N) is 2. The van der Waals surface area contributed by atoms with Crippen LogP contribution >= 0.6 is 0 Å². The Labute approximate surface area is 103 Å². The van der Waals surface area contributed by atoms with E-state index in [1.165, 1.54) is 0 Å². The van der Waals surface area contributed by atoms with Gasteiger partial charge in [0.05, 0.1) is 0 Å². The summed E-state index contributed by atoms with van der Waals surface area (Å²) in [5.41, 5.74) is -0.133. The molecule has 1 aromatic carbocycles. The molecule has 2 N–H and O–H groups in total. The number of anilines is 2. The zero-order valence-electron chi connectivity index (χ0n) is 9.42. The summed E-state index contributed by atoms with van der Waals surface area (Å²) in [6.45, 7) is 0. The summed E-state index contributed by atoms with van der Waals surface area (Å²) in [4.78, 5) is 22.7. The van der Waals surface area contributed by atoms with Crippen molar-refractivity contribution in [2.45, 2.75) is 0 Å². The fraction of sp³-hybridized carbons (Fsp3) is 0. The van der Waals surface area contributed by atoms with Gasteiger partial charge in [-0.15, -0.1) is 0 Å². The van der Waals surface area contributed by atoms with Crippen LogP contribution in [0.25, 0.3) is 10.8 Å². The Morgan fingerprint density at radius 1 is 1.06 bits per heavy atom. The van der Waals surface area contributed by atoms with Gasteiger partial charge in [-0.1, -0.05) is 18.2 Å². The highest BCUT2D eigenvalue weighted by atomic mass is 16.1. The highest BCUT2D eigenvalue weighted by Gasteiger charge is 2.02. The van der Waals surface area contributed by atoms with Crippen molar-refractivity contribution in [3.05, 3.63) is 59.1 Å². The van der Waals surface area contributed by atoms with Crippen molar-refractivity contribution in [2.24, 2.45) is 0 Å². The maximum Gasteiger partial charge on any atom is 0.257 e. The van der Waals surface area contributed by atoms with E-state index >= 15 is 0 Å². The molecule has 2 aromatic heterocycles. The van der Waals surface area contributed by atoms with Gasteiger partial charge in [-0.25, -0.2) is 9.97 Å². The SMILES string of the molecule is O=c1[nH]c(Nc2ncccn2)cc2ccccc12. The van der Waals surface area contributed by atoms with E-state index in [1.807, 2.05) is 24.3 Å². The molecule has 0 aliphatic heterocycles. The molecule has 88 valence electrons. The summed E-state index contributed by atoms with van der Waals surface area (Å²) < 4.78 is 0. The highest BCUT2D eigenvalue weighted by Crippen LogP contribution is 2.14. The second kappa shape index (κ2) is 4.29. The lowest BCUT2D eigenvalue weighted by Crippen LogP contribution is -2.09. The predicted octanol–water partition coefficient (Wildman–Crippen LogP) is 2.06. The van der Waals surface area contributed by atoms with E-state index in [4.69, 9.17) is 0 Å². The molecule has 0 saturated heterocycles. The van der Waals surface area contributed by atoms with Crippen LogP contribution in [0.3, 0.4) is 0 Å². The van der Waals surface area contributed by atoms with Gasteiger partial charge in [0.15, 0.2) is 0 Å². The fourth-order valence-electron chi connectivity index (χ4n) is 1.76. The fourth-order valence-corrected chi connectivity index (χ4v) is 1.76. The quantitative estimate of drug-likeness (QED) is 0.717. The van der Waals surface area contributed by atoms with Gasteiger partial charge in [0.2, 0.25) is 5.95 Å². The van der Waals surface area contributed by atoms with Crippen molar-refractivity contribution in [3.8, 4) is 0 Å². The molecule has 18 heavy (non-hydrogen) atoms. The van der Waals surface area contributed by atoms with Crippen LogP contribution in [0.2, 0.25) is 0 Å². The molecule has 0 fully saturated rings. The van der Waals surface area contributed by atoms with Crippen LogP contribution in [0.1, 0.15) is 0 Å². The molecule has 0 spiro atoms. The number of H-pyrrole nitrogens is 1. The predicted molar refractivity (Wildman–Crippen MR) is 69.9 cm³/mol. The van der Waals surface area contributed by atoms with Gasteiger partial charge < -0.3 is 10.3 Å². The third-order valence-electron chi connectivity index (χ3n) is 2.57. The Morgan fingerprint density at radius 2 is 1.83 bits per heavy atom. The number of nitrogens with one attached hydrogen (secondary N) is 2. The van der Waals surface area contributed by atoms with Crippen molar-refractivity contribution in [2.75, 3.05) is 5.32 Å². The van der Waals surface area contributed by atoms with Crippen molar-refractivity contribution >= 4 is 22.5 Å². The van der Waals surface area contributed by atoms with Crippen LogP contribution in [-0.2, 0) is 0 Å². The molecule has 0 bridgehead atoms. The van der Waals surface area contributed by atoms with E-state index in [0.29, 0.717) is 17.2 Å². The third kappa shape index (κ3) is 1.93. The van der Waals surface area contributed by atoms with Crippen molar-refractivity contribution in [1.29, 1.82) is 0 Å². The highest BCUT2D eigenvalue weighted by molar-refractivity contribution is 5.84. The molecule has 0 unspecified atom stereocenters. The average Bonchev–Trinajstić information content (AvgIpc) is 2.40. The van der Waals surface area contributed by atoms with Crippen LogP contribution in [0.5, 0.6) is 0 Å². The Hall–Kier alpha value is -2.69. The molecule has 3 rings (SSSR count). The smallest absolute Gasteiger partial charge is 0.257 e. The van der Waals surface area contributed by atoms with Gasteiger partial charge in [0, 0.05) is 17.8 Å². The Balaban J connectivity index is 2.06. The van der Waals surface area contributed by atoms with Crippen LogP contribution in [0.15, 0.2) is 53.6 Å². The summed E-state index contributed by atoms with van der Waals surface area (Å²) >= 11 is 0. The van der Waals surface area contributed by atoms with E-state index in [1.54, 1.807) is 24.5 Å². The first-order valence-corrected chi connectivity index (χ1v) is 5.49. The standard InChI is InChI=1S/C13H10N4O/c18-12-10-5-2-1-4-9(10)8-11(16-12)17-13-14-6-3-7-15-13/h1-8H,(H2,14,15,16,17,18). The zero-order valence-corrected chi connectivity index (χ0v) is 9.42. The Kier molecular flexibility index (Phi) is 2.49. The van der Waals surface area contributed by atoms with Gasteiger partial charge in [-0.05, 0) is 23.6 Å². The minimum Gasteiger partial charge on any atom is -0.310 e. The number of aromatic nitrogens is 3. The number of benzene rings is 1. The molecule has 2 heterocycles. The average molecular weight is 238 g/mol. The number of rotatable bonds is 2. The first kappa shape index (κ1) is 10.5. The summed E-state index contributed by atoms with van der Waals surface area (Å²) in [6.07, 6.45) is 3.27. The van der Waals surface area contributed by atoms with Crippen LogP contribution < -0.4 is 10.9 Å². The van der Waals surface area contributed by atoms with Crippen LogP contribution in [-0.4, -0.2) is 15.0 Å². The number of pyridine rings is 1. The molecule has 0 amide bonds. The number of hydrogen-bond acceptors (Lipinski definition) is 4. The molecule has 0 atom stereocenters. The minimum atomic E-state index is -0.133. The number of hydrogen-bond donors (Lipinski definition) is 2. The van der Waals surface area contributed by atoms with Gasteiger partial charge >= 0.3 is 0 Å². The largest absolute Gasteiger partial charge is 0.310 e. The molecular formula is C13H10N4O. The van der Waals surface area contributed by atoms with Gasteiger partial charge in [-0.3, -0.25) is 4.79 Å². The Bertz CT molecular complexity index is 737. The summed E-state index contributed by atoms with van der Waals surface area (Å²) in [6, 6.07) is 11.0. The van der Waals surface area contributed by atoms with E-state index in [-0.39, 0.29) is 5.56 Å². The maximum absolute atomic E-state index is 11.9. The second-order valence-electron chi connectivity index (χ2n) is 3.80. The Morgan fingerprint density at radius 3 is 2.67 bits per heavy atom. The summed E-state index contributed by atoms with van der Waals surface area (Å²) in [5, 5.41) is 4.50. The molecule has 0 saturated carbocycles. The van der Waals surface area contributed by atoms with Crippen molar-refractivity contribution in [1.82, 2.24) is 15.0 Å². The summed E-state index contributed by atoms with van der Waals surface area (Å²) in [7, 11) is 0. The summed E-state index contributed by atoms with van der Waals surface area (Å²) in [5.74, 6) is 1.02. The monoisotopic (exact) mass is 238 g/mol. The van der Waals surface area contributed by atoms with E-state index in [0.717, 1.165) is 5.39 Å². The lowest BCUT2D eigenvalue weighted by molar-refractivity contribution is 1.14. The lowest BCUT2D eigenvalue weighted by atomic mass is 10.2. The molecular weight excluding hydrogens is 228 g/mol. The van der Waals surface area contributed by atoms with E-state index in [9.17, 15) is 4.79 Å². The molecule has 3 aromatic rings. The second-order valence-corrected chi connectivity index (χ2v) is 3.80.